The third kappa shape index (κ3) is 3.00. The first-order valence-corrected chi connectivity index (χ1v) is 5.66. The lowest BCUT2D eigenvalue weighted by molar-refractivity contribution is 0.102. The van der Waals surface area contributed by atoms with E-state index in [1.54, 1.807) is 0 Å². The highest BCUT2D eigenvalue weighted by molar-refractivity contribution is 6.30. The van der Waals surface area contributed by atoms with E-state index >= 15 is 0 Å². The Kier molecular flexibility index (Phi) is 3.66. The summed E-state index contributed by atoms with van der Waals surface area (Å²) in [5.41, 5.74) is 5.88. The third-order valence-corrected chi connectivity index (χ3v) is 2.74. The molecular formula is C13H9ClF2N2O. The topological polar surface area (TPSA) is 55.1 Å². The number of anilines is 2. The molecule has 0 saturated heterocycles. The molecule has 0 atom stereocenters. The number of nitrogens with one attached hydrogen (secondary N) is 1. The van der Waals surface area contributed by atoms with Crippen LogP contribution in [-0.4, -0.2) is 5.91 Å². The molecule has 0 saturated carbocycles. The molecule has 0 aliphatic heterocycles. The fraction of sp³-hybridized carbons (Fsp3) is 0. The number of hydrogen-bond acceptors (Lipinski definition) is 2. The van der Waals surface area contributed by atoms with E-state index < -0.39 is 17.5 Å². The van der Waals surface area contributed by atoms with Crippen molar-refractivity contribution in [3.63, 3.8) is 0 Å². The highest BCUT2D eigenvalue weighted by atomic mass is 35.5. The largest absolute Gasteiger partial charge is 0.398 e. The second kappa shape index (κ2) is 5.24. The van der Waals surface area contributed by atoms with Gasteiger partial charge in [0.15, 0.2) is 0 Å². The molecule has 0 spiro atoms. The Morgan fingerprint density at radius 1 is 1.16 bits per heavy atom. The SMILES string of the molecule is Nc1cc(F)ccc1C(=O)Nc1ccc(Cl)c(F)c1. The van der Waals surface area contributed by atoms with Crippen molar-refractivity contribution in [2.24, 2.45) is 0 Å². The van der Waals surface area contributed by atoms with Gasteiger partial charge in [0.25, 0.3) is 5.91 Å². The molecule has 6 heteroatoms. The predicted molar refractivity (Wildman–Crippen MR) is 70.2 cm³/mol. The molecular weight excluding hydrogens is 274 g/mol. The molecule has 0 bridgehead atoms. The molecule has 0 radical (unpaired) electrons. The van der Waals surface area contributed by atoms with Crippen molar-refractivity contribution in [1.29, 1.82) is 0 Å². The Hall–Kier alpha value is -2.14. The summed E-state index contributed by atoms with van der Waals surface area (Å²) in [6.45, 7) is 0. The minimum absolute atomic E-state index is 0.00642. The van der Waals surface area contributed by atoms with Crippen molar-refractivity contribution in [3.05, 3.63) is 58.6 Å². The quantitative estimate of drug-likeness (QED) is 0.829. The second-order valence-electron chi connectivity index (χ2n) is 3.81. The first kappa shape index (κ1) is 13.3. The molecule has 19 heavy (non-hydrogen) atoms. The van der Waals surface area contributed by atoms with E-state index in [2.05, 4.69) is 5.32 Å². The molecule has 2 rings (SSSR count). The molecule has 98 valence electrons. The average molecular weight is 283 g/mol. The normalized spacial score (nSPS) is 10.3. The van der Waals surface area contributed by atoms with E-state index in [-0.39, 0.29) is 22.0 Å². The maximum Gasteiger partial charge on any atom is 0.257 e. The lowest BCUT2D eigenvalue weighted by Crippen LogP contribution is -2.14. The minimum Gasteiger partial charge on any atom is -0.398 e. The number of nitrogen functional groups attached to an aromatic ring is 1. The van der Waals surface area contributed by atoms with E-state index in [1.165, 1.54) is 18.2 Å². The van der Waals surface area contributed by atoms with E-state index in [4.69, 9.17) is 17.3 Å². The van der Waals surface area contributed by atoms with Crippen LogP contribution in [0.5, 0.6) is 0 Å². The van der Waals surface area contributed by atoms with Crippen molar-refractivity contribution in [2.75, 3.05) is 11.1 Å². The fourth-order valence-corrected chi connectivity index (χ4v) is 1.63. The molecule has 0 aliphatic rings. The van der Waals surface area contributed by atoms with Crippen LogP contribution in [0, 0.1) is 11.6 Å². The lowest BCUT2D eigenvalue weighted by Gasteiger charge is -2.08. The smallest absolute Gasteiger partial charge is 0.257 e. The van der Waals surface area contributed by atoms with E-state index in [1.807, 2.05) is 0 Å². The molecule has 1 amide bonds. The van der Waals surface area contributed by atoms with Gasteiger partial charge in [0.05, 0.1) is 10.6 Å². The zero-order valence-corrected chi connectivity index (χ0v) is 10.3. The Bertz CT molecular complexity index is 647. The van der Waals surface area contributed by atoms with Gasteiger partial charge in [-0.25, -0.2) is 8.78 Å². The maximum atomic E-state index is 13.2. The number of benzene rings is 2. The number of rotatable bonds is 2. The second-order valence-corrected chi connectivity index (χ2v) is 4.22. The molecule has 0 aromatic heterocycles. The molecule has 2 aromatic carbocycles. The van der Waals surface area contributed by atoms with Gasteiger partial charge < -0.3 is 11.1 Å². The first-order chi connectivity index (χ1) is 8.97. The molecule has 3 N–H and O–H groups in total. The van der Waals surface area contributed by atoms with Crippen LogP contribution < -0.4 is 11.1 Å². The highest BCUT2D eigenvalue weighted by Gasteiger charge is 2.11. The Labute approximate surface area is 113 Å². The summed E-state index contributed by atoms with van der Waals surface area (Å²) in [4.78, 5) is 11.9. The molecule has 0 heterocycles. The summed E-state index contributed by atoms with van der Waals surface area (Å²) in [6.07, 6.45) is 0. The Morgan fingerprint density at radius 3 is 2.53 bits per heavy atom. The van der Waals surface area contributed by atoms with E-state index in [0.29, 0.717) is 0 Å². The van der Waals surface area contributed by atoms with Gasteiger partial charge in [0.2, 0.25) is 0 Å². The van der Waals surface area contributed by atoms with Gasteiger partial charge in [-0.2, -0.15) is 0 Å². The maximum absolute atomic E-state index is 13.2. The highest BCUT2D eigenvalue weighted by Crippen LogP contribution is 2.20. The van der Waals surface area contributed by atoms with Crippen LogP contribution in [0.4, 0.5) is 20.2 Å². The lowest BCUT2D eigenvalue weighted by atomic mass is 10.1. The zero-order valence-electron chi connectivity index (χ0n) is 9.58. The van der Waals surface area contributed by atoms with Crippen molar-refractivity contribution >= 4 is 28.9 Å². The van der Waals surface area contributed by atoms with Crippen LogP contribution in [-0.2, 0) is 0 Å². The Balaban J connectivity index is 2.23. The summed E-state index contributed by atoms with van der Waals surface area (Å²) >= 11 is 5.53. The molecule has 0 unspecified atom stereocenters. The standard InChI is InChI=1S/C13H9ClF2N2O/c14-10-4-2-8(6-11(10)16)18-13(19)9-3-1-7(15)5-12(9)17/h1-6H,17H2,(H,18,19). The van der Waals surface area contributed by atoms with Crippen molar-refractivity contribution < 1.29 is 13.6 Å². The fourth-order valence-electron chi connectivity index (χ4n) is 1.51. The van der Waals surface area contributed by atoms with Gasteiger partial charge in [-0.05, 0) is 36.4 Å². The molecule has 2 aromatic rings. The zero-order chi connectivity index (χ0) is 14.0. The third-order valence-electron chi connectivity index (χ3n) is 2.44. The van der Waals surface area contributed by atoms with Gasteiger partial charge in [-0.3, -0.25) is 4.79 Å². The van der Waals surface area contributed by atoms with Gasteiger partial charge >= 0.3 is 0 Å². The van der Waals surface area contributed by atoms with Crippen molar-refractivity contribution in [3.8, 4) is 0 Å². The number of halogens is 3. The van der Waals surface area contributed by atoms with Crippen LogP contribution in [0.2, 0.25) is 5.02 Å². The summed E-state index contributed by atoms with van der Waals surface area (Å²) in [5.74, 6) is -1.74. The van der Waals surface area contributed by atoms with Crippen molar-refractivity contribution in [1.82, 2.24) is 0 Å². The van der Waals surface area contributed by atoms with Gasteiger partial charge in [0.1, 0.15) is 11.6 Å². The van der Waals surface area contributed by atoms with E-state index in [0.717, 1.165) is 18.2 Å². The summed E-state index contributed by atoms with van der Waals surface area (Å²) in [7, 11) is 0. The van der Waals surface area contributed by atoms with Crippen LogP contribution in [0.15, 0.2) is 36.4 Å². The molecule has 3 nitrogen and oxygen atoms in total. The van der Waals surface area contributed by atoms with Crippen LogP contribution in [0.3, 0.4) is 0 Å². The monoisotopic (exact) mass is 282 g/mol. The number of carbonyl (C=O) groups excluding carboxylic acids is 1. The summed E-state index contributed by atoms with van der Waals surface area (Å²) in [5, 5.41) is 2.40. The van der Waals surface area contributed by atoms with Crippen LogP contribution in [0.25, 0.3) is 0 Å². The van der Waals surface area contributed by atoms with Gasteiger partial charge in [-0.15, -0.1) is 0 Å². The predicted octanol–water partition coefficient (Wildman–Crippen LogP) is 3.45. The van der Waals surface area contributed by atoms with Crippen molar-refractivity contribution in [2.45, 2.75) is 0 Å². The molecule has 0 fully saturated rings. The average Bonchev–Trinajstić information content (AvgIpc) is 2.33. The summed E-state index contributed by atoms with van der Waals surface area (Å²) in [6, 6.07) is 7.26. The number of nitrogens with two attached hydrogens (primary N) is 1. The summed E-state index contributed by atoms with van der Waals surface area (Å²) < 4.78 is 26.1. The number of amides is 1. The Morgan fingerprint density at radius 2 is 1.89 bits per heavy atom. The minimum atomic E-state index is -0.647. The molecule has 0 aliphatic carbocycles. The van der Waals surface area contributed by atoms with Crippen LogP contribution in [0.1, 0.15) is 10.4 Å². The first-order valence-electron chi connectivity index (χ1n) is 5.29. The van der Waals surface area contributed by atoms with Gasteiger partial charge in [-0.1, -0.05) is 11.6 Å². The number of hydrogen-bond donors (Lipinski definition) is 2. The van der Waals surface area contributed by atoms with Gasteiger partial charge in [0, 0.05) is 11.4 Å². The van der Waals surface area contributed by atoms with Crippen LogP contribution >= 0.6 is 11.6 Å². The number of carbonyl (C=O) groups is 1. The van der Waals surface area contributed by atoms with E-state index in [9.17, 15) is 13.6 Å².